The molecule has 1 unspecified atom stereocenters. The largest absolute Gasteiger partial charge is 0.478 e. The van der Waals surface area contributed by atoms with Gasteiger partial charge in [0.2, 0.25) is 0 Å². The summed E-state index contributed by atoms with van der Waals surface area (Å²) in [6.45, 7) is -0.0382. The van der Waals surface area contributed by atoms with Crippen molar-refractivity contribution >= 4 is 5.97 Å². The van der Waals surface area contributed by atoms with Crippen LogP contribution in [-0.4, -0.2) is 24.3 Å². The molecule has 0 spiro atoms. The minimum Gasteiger partial charge on any atom is -0.478 e. The molecule has 2 rings (SSSR count). The van der Waals surface area contributed by atoms with E-state index in [1.165, 1.54) is 7.11 Å². The Bertz CT molecular complexity index is 398. The van der Waals surface area contributed by atoms with Crippen LogP contribution in [-0.2, 0) is 16.1 Å². The molecule has 1 atom stereocenters. The van der Waals surface area contributed by atoms with Gasteiger partial charge in [-0.05, 0) is 30.5 Å². The quantitative estimate of drug-likeness (QED) is 0.787. The average molecular weight is 236 g/mol. The summed E-state index contributed by atoms with van der Waals surface area (Å²) in [5, 5.41) is 9.03. The van der Waals surface area contributed by atoms with Gasteiger partial charge in [0.15, 0.2) is 6.10 Å². The molecule has 1 N–H and O–H groups in total. The molecule has 0 aromatic heterocycles. The fourth-order valence-electron chi connectivity index (χ4n) is 1.72. The third-order valence-electron chi connectivity index (χ3n) is 2.83. The number of hydrogen-bond acceptors (Lipinski definition) is 4. The highest BCUT2D eigenvalue weighted by Crippen LogP contribution is 2.35. The van der Waals surface area contributed by atoms with E-state index in [9.17, 15) is 4.79 Å². The van der Waals surface area contributed by atoms with E-state index in [1.807, 2.05) is 0 Å². The van der Waals surface area contributed by atoms with Crippen LogP contribution >= 0.6 is 0 Å². The molecule has 1 saturated carbocycles. The van der Waals surface area contributed by atoms with Crippen molar-refractivity contribution in [2.75, 3.05) is 7.11 Å². The molecule has 92 valence electrons. The number of aliphatic hydroxyl groups is 1. The van der Waals surface area contributed by atoms with Crippen LogP contribution in [0.2, 0.25) is 0 Å². The molecule has 4 nitrogen and oxygen atoms in total. The van der Waals surface area contributed by atoms with Crippen LogP contribution in [0.5, 0.6) is 5.75 Å². The van der Waals surface area contributed by atoms with Gasteiger partial charge in [-0.2, -0.15) is 0 Å². The number of carbonyl (C=O) groups excluding carboxylic acids is 1. The molecular formula is C13H16O4. The van der Waals surface area contributed by atoms with Crippen molar-refractivity contribution in [3.8, 4) is 5.75 Å². The van der Waals surface area contributed by atoms with E-state index >= 15 is 0 Å². The Morgan fingerprint density at radius 3 is 2.88 bits per heavy atom. The van der Waals surface area contributed by atoms with Crippen LogP contribution < -0.4 is 4.74 Å². The van der Waals surface area contributed by atoms with Crippen LogP contribution in [0.25, 0.3) is 0 Å². The van der Waals surface area contributed by atoms with Gasteiger partial charge in [-0.1, -0.05) is 12.1 Å². The molecule has 0 saturated heterocycles. The smallest absolute Gasteiger partial charge is 0.347 e. The molecule has 4 heteroatoms. The molecule has 0 aliphatic heterocycles. The van der Waals surface area contributed by atoms with Crippen LogP contribution in [0.15, 0.2) is 24.3 Å². The van der Waals surface area contributed by atoms with E-state index in [-0.39, 0.29) is 18.5 Å². The average Bonchev–Trinajstić information content (AvgIpc) is 3.19. The van der Waals surface area contributed by atoms with E-state index in [0.29, 0.717) is 5.75 Å². The third-order valence-corrected chi connectivity index (χ3v) is 2.83. The lowest BCUT2D eigenvalue weighted by Crippen LogP contribution is -2.30. The summed E-state index contributed by atoms with van der Waals surface area (Å²) in [6.07, 6.45) is 1.48. The first-order valence-corrected chi connectivity index (χ1v) is 5.69. The number of methoxy groups -OCH3 is 1. The van der Waals surface area contributed by atoms with Crippen molar-refractivity contribution < 1.29 is 19.4 Å². The molecule has 0 amide bonds. The SMILES string of the molecule is COC(=O)C(Oc1cccc(CO)c1)C1CC1. The Labute approximate surface area is 100 Å². The van der Waals surface area contributed by atoms with Gasteiger partial charge in [0.25, 0.3) is 0 Å². The minimum absolute atomic E-state index is 0.0382. The van der Waals surface area contributed by atoms with Gasteiger partial charge < -0.3 is 14.6 Å². The second kappa shape index (κ2) is 5.19. The predicted octanol–water partition coefficient (Wildman–Crippen LogP) is 1.51. The van der Waals surface area contributed by atoms with Gasteiger partial charge in [0.05, 0.1) is 13.7 Å². The second-order valence-corrected chi connectivity index (χ2v) is 4.20. The fourth-order valence-corrected chi connectivity index (χ4v) is 1.72. The lowest BCUT2D eigenvalue weighted by molar-refractivity contribution is -0.149. The first-order valence-electron chi connectivity index (χ1n) is 5.69. The number of esters is 1. The first kappa shape index (κ1) is 11.9. The van der Waals surface area contributed by atoms with Crippen LogP contribution in [0.3, 0.4) is 0 Å². The molecule has 17 heavy (non-hydrogen) atoms. The zero-order valence-corrected chi connectivity index (χ0v) is 9.76. The highest BCUT2D eigenvalue weighted by atomic mass is 16.6. The van der Waals surface area contributed by atoms with E-state index in [0.717, 1.165) is 18.4 Å². The minimum atomic E-state index is -0.519. The molecule has 0 radical (unpaired) electrons. The number of aliphatic hydroxyl groups excluding tert-OH is 1. The van der Waals surface area contributed by atoms with Crippen LogP contribution in [0.4, 0.5) is 0 Å². The standard InChI is InChI=1S/C13H16O4/c1-16-13(15)12(10-5-6-10)17-11-4-2-3-9(7-11)8-14/h2-4,7,10,12,14H,5-6,8H2,1H3. The van der Waals surface area contributed by atoms with E-state index in [4.69, 9.17) is 14.6 Å². The Morgan fingerprint density at radius 1 is 1.53 bits per heavy atom. The van der Waals surface area contributed by atoms with Crippen LogP contribution in [0.1, 0.15) is 18.4 Å². The highest BCUT2D eigenvalue weighted by molar-refractivity contribution is 5.75. The van der Waals surface area contributed by atoms with Crippen molar-refractivity contribution in [3.63, 3.8) is 0 Å². The summed E-state index contributed by atoms with van der Waals surface area (Å²) in [5.74, 6) is 0.529. The molecule has 0 bridgehead atoms. The summed E-state index contributed by atoms with van der Waals surface area (Å²) in [7, 11) is 1.37. The summed E-state index contributed by atoms with van der Waals surface area (Å²) in [4.78, 5) is 11.6. The fraction of sp³-hybridized carbons (Fsp3) is 0.462. The predicted molar refractivity (Wildman–Crippen MR) is 61.5 cm³/mol. The number of benzene rings is 1. The lowest BCUT2D eigenvalue weighted by Gasteiger charge is -2.16. The maximum absolute atomic E-state index is 11.6. The summed E-state index contributed by atoms with van der Waals surface area (Å²) >= 11 is 0. The Morgan fingerprint density at radius 2 is 2.29 bits per heavy atom. The van der Waals surface area contributed by atoms with E-state index in [1.54, 1.807) is 24.3 Å². The van der Waals surface area contributed by atoms with Crippen molar-refractivity contribution in [1.82, 2.24) is 0 Å². The number of hydrogen-bond donors (Lipinski definition) is 1. The number of ether oxygens (including phenoxy) is 2. The number of rotatable bonds is 5. The molecule has 1 fully saturated rings. The Hall–Kier alpha value is -1.55. The third kappa shape index (κ3) is 2.97. The monoisotopic (exact) mass is 236 g/mol. The Balaban J connectivity index is 2.08. The maximum Gasteiger partial charge on any atom is 0.347 e. The van der Waals surface area contributed by atoms with Crippen LogP contribution in [0, 0.1) is 5.92 Å². The van der Waals surface area contributed by atoms with Gasteiger partial charge in [-0.3, -0.25) is 0 Å². The summed E-state index contributed by atoms with van der Waals surface area (Å²) in [6, 6.07) is 7.11. The first-order chi connectivity index (χ1) is 8.24. The van der Waals surface area contributed by atoms with Crippen molar-refractivity contribution in [2.45, 2.75) is 25.6 Å². The summed E-state index contributed by atoms with van der Waals surface area (Å²) < 4.78 is 10.4. The second-order valence-electron chi connectivity index (χ2n) is 4.20. The maximum atomic E-state index is 11.6. The summed E-state index contributed by atoms with van der Waals surface area (Å²) in [5.41, 5.74) is 0.766. The van der Waals surface area contributed by atoms with Gasteiger partial charge in [0, 0.05) is 5.92 Å². The van der Waals surface area contributed by atoms with Crippen molar-refractivity contribution in [3.05, 3.63) is 29.8 Å². The number of carbonyl (C=O) groups is 1. The molecule has 1 aromatic rings. The molecule has 1 aromatic carbocycles. The normalized spacial score (nSPS) is 16.4. The van der Waals surface area contributed by atoms with Crippen molar-refractivity contribution in [2.24, 2.45) is 5.92 Å². The van der Waals surface area contributed by atoms with E-state index < -0.39 is 6.10 Å². The van der Waals surface area contributed by atoms with Gasteiger partial charge >= 0.3 is 5.97 Å². The zero-order valence-electron chi connectivity index (χ0n) is 9.76. The van der Waals surface area contributed by atoms with Gasteiger partial charge in [-0.15, -0.1) is 0 Å². The van der Waals surface area contributed by atoms with Gasteiger partial charge in [-0.25, -0.2) is 4.79 Å². The molecule has 1 aliphatic carbocycles. The highest BCUT2D eigenvalue weighted by Gasteiger charge is 2.38. The topological polar surface area (TPSA) is 55.8 Å². The Kier molecular flexibility index (Phi) is 3.64. The zero-order chi connectivity index (χ0) is 12.3. The van der Waals surface area contributed by atoms with Gasteiger partial charge in [0.1, 0.15) is 5.75 Å². The lowest BCUT2D eigenvalue weighted by atomic mass is 10.2. The molecule has 1 aliphatic rings. The molecule has 0 heterocycles. The molecular weight excluding hydrogens is 220 g/mol. The van der Waals surface area contributed by atoms with Crippen molar-refractivity contribution in [1.29, 1.82) is 0 Å². The van der Waals surface area contributed by atoms with E-state index in [2.05, 4.69) is 0 Å².